The molecule has 6 rings (SSSR count). The Morgan fingerprint density at radius 3 is 1.50 bits per heavy atom. The predicted molar refractivity (Wildman–Crippen MR) is 209 cm³/mol. The number of aliphatic carboxylic acids is 3. The highest BCUT2D eigenvalue weighted by Crippen LogP contribution is 2.28. The lowest BCUT2D eigenvalue weighted by atomic mass is 9.86. The van der Waals surface area contributed by atoms with E-state index in [1.54, 1.807) is 24.3 Å². The molecule has 300 valence electrons. The zero-order chi connectivity index (χ0) is 39.4. The molecule has 0 bridgehead atoms. The van der Waals surface area contributed by atoms with Crippen LogP contribution in [-0.4, -0.2) is 96.6 Å². The van der Waals surface area contributed by atoms with Crippen molar-refractivity contribution in [3.63, 3.8) is 0 Å². The molecule has 0 spiro atoms. The Labute approximate surface area is 327 Å². The van der Waals surface area contributed by atoms with Crippen molar-refractivity contribution < 1.29 is 44.0 Å². The van der Waals surface area contributed by atoms with Crippen LogP contribution in [0.5, 0.6) is 11.5 Å². The lowest BCUT2D eigenvalue weighted by Gasteiger charge is -2.24. The van der Waals surface area contributed by atoms with Crippen molar-refractivity contribution in [2.75, 3.05) is 52.4 Å². The average molecular weight is 771 g/mol. The average Bonchev–Trinajstić information content (AvgIpc) is 4.00. The van der Waals surface area contributed by atoms with Crippen molar-refractivity contribution in [2.45, 2.75) is 45.1 Å². The first-order chi connectivity index (χ1) is 27.1. The van der Waals surface area contributed by atoms with Crippen LogP contribution in [0, 0.1) is 35.5 Å². The number of carbonyl (C=O) groups excluding carboxylic acids is 1. The van der Waals surface area contributed by atoms with Crippen molar-refractivity contribution in [3.8, 4) is 11.5 Å². The first-order valence-corrected chi connectivity index (χ1v) is 19.8. The van der Waals surface area contributed by atoms with E-state index in [0.717, 1.165) is 61.2 Å². The molecule has 3 aromatic carbocycles. The van der Waals surface area contributed by atoms with Gasteiger partial charge in [-0.05, 0) is 142 Å². The third kappa shape index (κ3) is 11.3. The molecule has 13 nitrogen and oxygen atoms in total. The van der Waals surface area contributed by atoms with Crippen LogP contribution in [0.2, 0.25) is 0 Å². The van der Waals surface area contributed by atoms with E-state index in [0.29, 0.717) is 50.4 Å². The van der Waals surface area contributed by atoms with Crippen molar-refractivity contribution in [1.29, 1.82) is 0 Å². The number of hydrogen-bond acceptors (Lipinski definition) is 9. The second kappa shape index (κ2) is 19.7. The topological polar surface area (TPSA) is 187 Å². The highest BCUT2D eigenvalue weighted by Gasteiger charge is 2.33. The number of carboxylic acid groups (broad SMARTS) is 3. The van der Waals surface area contributed by atoms with Gasteiger partial charge in [-0.1, -0.05) is 48.5 Å². The fraction of sp³-hybridized carbons (Fsp3) is 0.488. The molecule has 3 aliphatic heterocycles. The van der Waals surface area contributed by atoms with Gasteiger partial charge in [0.15, 0.2) is 0 Å². The fourth-order valence-corrected chi connectivity index (χ4v) is 8.44. The summed E-state index contributed by atoms with van der Waals surface area (Å²) in [6.07, 6.45) is 2.89. The maximum Gasteiger partial charge on any atom is 0.415 e. The molecule has 1 amide bonds. The molecule has 3 saturated heterocycles. The summed E-state index contributed by atoms with van der Waals surface area (Å²) in [6, 6.07) is 22.0. The van der Waals surface area contributed by atoms with Gasteiger partial charge < -0.3 is 45.6 Å². The SMILES string of the molecule is O=C(O)C(Cc1cccc(CN(CCOc2cccc(CC(C(=O)O)C3CCNC3)c2)C(=O)Oc2cccc(CC(C(=O)O)C3CCNC3)c2)c1)C1CCNC1. The Kier molecular flexibility index (Phi) is 14.3. The molecule has 3 aliphatic rings. The van der Waals surface area contributed by atoms with E-state index < -0.39 is 41.8 Å². The van der Waals surface area contributed by atoms with E-state index in [2.05, 4.69) is 16.0 Å². The zero-order valence-corrected chi connectivity index (χ0v) is 31.7. The lowest BCUT2D eigenvalue weighted by molar-refractivity contribution is -0.144. The van der Waals surface area contributed by atoms with Crippen LogP contribution in [0.25, 0.3) is 0 Å². The maximum atomic E-state index is 13.9. The molecular weight excluding hydrogens is 716 g/mol. The van der Waals surface area contributed by atoms with Crippen LogP contribution in [0.3, 0.4) is 0 Å². The summed E-state index contributed by atoms with van der Waals surface area (Å²) >= 11 is 0. The van der Waals surface area contributed by atoms with Crippen molar-refractivity contribution in [1.82, 2.24) is 20.9 Å². The van der Waals surface area contributed by atoms with Gasteiger partial charge in [0.25, 0.3) is 0 Å². The molecule has 0 aromatic heterocycles. The van der Waals surface area contributed by atoms with Crippen LogP contribution in [-0.2, 0) is 40.2 Å². The summed E-state index contributed by atoms with van der Waals surface area (Å²) in [5.41, 5.74) is 3.29. The number of nitrogens with one attached hydrogen (secondary N) is 3. The minimum atomic E-state index is -0.845. The van der Waals surface area contributed by atoms with Gasteiger partial charge in [-0.2, -0.15) is 0 Å². The number of rotatable bonds is 19. The van der Waals surface area contributed by atoms with E-state index in [1.165, 1.54) is 4.90 Å². The van der Waals surface area contributed by atoms with Crippen LogP contribution in [0.4, 0.5) is 4.79 Å². The number of nitrogens with zero attached hydrogens (tertiary/aromatic N) is 1. The maximum absolute atomic E-state index is 13.9. The van der Waals surface area contributed by atoms with E-state index in [-0.39, 0.29) is 37.5 Å². The molecule has 0 aliphatic carbocycles. The smallest absolute Gasteiger partial charge is 0.415 e. The Morgan fingerprint density at radius 1 is 0.607 bits per heavy atom. The van der Waals surface area contributed by atoms with Gasteiger partial charge in [-0.3, -0.25) is 14.4 Å². The molecule has 13 heteroatoms. The number of carbonyl (C=O) groups is 4. The summed E-state index contributed by atoms with van der Waals surface area (Å²) in [7, 11) is 0. The monoisotopic (exact) mass is 770 g/mol. The van der Waals surface area contributed by atoms with Gasteiger partial charge >= 0.3 is 24.0 Å². The first kappa shape index (κ1) is 40.7. The van der Waals surface area contributed by atoms with Crippen LogP contribution < -0.4 is 25.4 Å². The summed E-state index contributed by atoms with van der Waals surface area (Å²) in [6.45, 7) is 4.88. The third-order valence-corrected chi connectivity index (χ3v) is 11.6. The standard InChI is InChI=1S/C43H54N4O9/c48-40(49)37(32-10-13-44-24-32)21-28-4-1-7-31(18-28)27-47(16-17-55-35-8-2-5-29(19-35)22-38(41(50)51)33-11-14-45-25-33)43(54)56-36-9-3-6-30(20-36)23-39(42(52)53)34-12-15-46-26-34/h1-9,18-20,32-34,37-39,44-46H,10-17,21-27H2,(H,48,49)(H,50,51)(H,52,53). The van der Waals surface area contributed by atoms with Crippen LogP contribution >= 0.6 is 0 Å². The molecule has 3 aromatic rings. The summed E-state index contributed by atoms with van der Waals surface area (Å²) < 4.78 is 12.0. The minimum absolute atomic E-state index is 0.0226. The molecule has 0 radical (unpaired) electrons. The Balaban J connectivity index is 1.15. The van der Waals surface area contributed by atoms with E-state index in [4.69, 9.17) is 9.47 Å². The molecular formula is C43H54N4O9. The quantitative estimate of drug-likeness (QED) is 0.102. The van der Waals surface area contributed by atoms with Gasteiger partial charge in [-0.15, -0.1) is 0 Å². The number of carboxylic acids is 3. The first-order valence-electron chi connectivity index (χ1n) is 19.8. The normalized spacial score (nSPS) is 20.9. The number of ether oxygens (including phenoxy) is 2. The molecule has 3 heterocycles. The molecule has 6 atom stereocenters. The van der Waals surface area contributed by atoms with E-state index in [9.17, 15) is 34.5 Å². The molecule has 3 fully saturated rings. The zero-order valence-electron chi connectivity index (χ0n) is 31.7. The Hall–Kier alpha value is -4.98. The van der Waals surface area contributed by atoms with Gasteiger partial charge in [-0.25, -0.2) is 4.79 Å². The van der Waals surface area contributed by atoms with E-state index in [1.807, 2.05) is 48.5 Å². The fourth-order valence-electron chi connectivity index (χ4n) is 8.44. The largest absolute Gasteiger partial charge is 0.492 e. The highest BCUT2D eigenvalue weighted by molar-refractivity contribution is 5.73. The predicted octanol–water partition coefficient (Wildman–Crippen LogP) is 4.33. The molecule has 6 unspecified atom stereocenters. The van der Waals surface area contributed by atoms with Crippen molar-refractivity contribution in [2.24, 2.45) is 35.5 Å². The lowest BCUT2D eigenvalue weighted by Crippen LogP contribution is -2.36. The summed E-state index contributed by atoms with van der Waals surface area (Å²) in [5, 5.41) is 39.7. The minimum Gasteiger partial charge on any atom is -0.492 e. The van der Waals surface area contributed by atoms with Gasteiger partial charge in [0.1, 0.15) is 18.1 Å². The number of benzene rings is 3. The van der Waals surface area contributed by atoms with Crippen LogP contribution in [0.1, 0.15) is 41.5 Å². The number of hydrogen-bond donors (Lipinski definition) is 6. The van der Waals surface area contributed by atoms with Gasteiger partial charge in [0.05, 0.1) is 24.3 Å². The van der Waals surface area contributed by atoms with Gasteiger partial charge in [0, 0.05) is 6.54 Å². The van der Waals surface area contributed by atoms with Crippen LogP contribution in [0.15, 0.2) is 72.8 Å². The van der Waals surface area contributed by atoms with Gasteiger partial charge in [0.2, 0.25) is 0 Å². The molecule has 56 heavy (non-hydrogen) atoms. The van der Waals surface area contributed by atoms with Crippen molar-refractivity contribution in [3.05, 3.63) is 95.1 Å². The second-order valence-corrected chi connectivity index (χ2v) is 15.5. The molecule has 6 N–H and O–H groups in total. The Morgan fingerprint density at radius 2 is 1.04 bits per heavy atom. The van der Waals surface area contributed by atoms with E-state index >= 15 is 0 Å². The number of amides is 1. The Bertz CT molecular complexity index is 1800. The highest BCUT2D eigenvalue weighted by atomic mass is 16.6. The third-order valence-electron chi connectivity index (χ3n) is 11.6. The summed E-state index contributed by atoms with van der Waals surface area (Å²) in [5.74, 6) is -3.07. The summed E-state index contributed by atoms with van der Waals surface area (Å²) in [4.78, 5) is 51.9. The second-order valence-electron chi connectivity index (χ2n) is 15.5. The molecule has 0 saturated carbocycles. The van der Waals surface area contributed by atoms with Crippen molar-refractivity contribution >= 4 is 24.0 Å².